The van der Waals surface area contributed by atoms with Crippen molar-refractivity contribution in [2.45, 2.75) is 50.2 Å². The van der Waals surface area contributed by atoms with Gasteiger partial charge in [0.25, 0.3) is 0 Å². The topological polar surface area (TPSA) is 66.4 Å². The number of halogens is 1. The molecule has 0 amide bonds. The molecule has 0 unspecified atom stereocenters. The molecule has 1 aliphatic carbocycles. The normalized spacial score (nSPS) is 23.8. The van der Waals surface area contributed by atoms with Crippen LogP contribution in [0.3, 0.4) is 0 Å². The average molecular weight is 301 g/mol. The molecule has 20 heavy (non-hydrogen) atoms. The molecule has 2 N–H and O–H groups in total. The van der Waals surface area contributed by atoms with E-state index in [0.717, 1.165) is 31.7 Å². The third kappa shape index (κ3) is 3.56. The maximum absolute atomic E-state index is 13.8. The SMILES string of the molecule is CC1CCC(NS(=O)(=O)c2ccc(CO)cc2F)CC1. The van der Waals surface area contributed by atoms with Gasteiger partial charge in [0.2, 0.25) is 10.0 Å². The predicted octanol–water partition coefficient (Wildman–Crippen LogP) is 2.17. The van der Waals surface area contributed by atoms with Gasteiger partial charge >= 0.3 is 0 Å². The standard InChI is InChI=1S/C14H20FNO3S/c1-10-2-5-12(6-3-10)16-20(18,19)14-7-4-11(9-17)8-13(14)15/h4,7-8,10,12,16-17H,2-3,5-6,9H2,1H3. The molecule has 0 aliphatic heterocycles. The van der Waals surface area contributed by atoms with Crippen LogP contribution >= 0.6 is 0 Å². The average Bonchev–Trinajstić information content (AvgIpc) is 2.40. The number of hydrogen-bond donors (Lipinski definition) is 2. The monoisotopic (exact) mass is 301 g/mol. The van der Waals surface area contributed by atoms with Crippen LogP contribution in [0.15, 0.2) is 23.1 Å². The van der Waals surface area contributed by atoms with Crippen molar-refractivity contribution < 1.29 is 17.9 Å². The number of rotatable bonds is 4. The number of nitrogens with one attached hydrogen (secondary N) is 1. The minimum atomic E-state index is -3.84. The van der Waals surface area contributed by atoms with Crippen LogP contribution < -0.4 is 4.72 Å². The molecular weight excluding hydrogens is 281 g/mol. The first-order valence-electron chi connectivity index (χ1n) is 6.84. The van der Waals surface area contributed by atoms with E-state index in [2.05, 4.69) is 11.6 Å². The summed E-state index contributed by atoms with van der Waals surface area (Å²) in [7, 11) is -3.84. The molecule has 0 saturated heterocycles. The lowest BCUT2D eigenvalue weighted by molar-refractivity contribution is 0.281. The van der Waals surface area contributed by atoms with Gasteiger partial charge in [-0.3, -0.25) is 0 Å². The zero-order valence-electron chi connectivity index (χ0n) is 11.5. The second-order valence-electron chi connectivity index (χ2n) is 5.50. The highest BCUT2D eigenvalue weighted by Gasteiger charge is 2.26. The van der Waals surface area contributed by atoms with Gasteiger partial charge in [-0.1, -0.05) is 13.0 Å². The summed E-state index contributed by atoms with van der Waals surface area (Å²) in [4.78, 5) is -0.353. The van der Waals surface area contributed by atoms with E-state index in [1.807, 2.05) is 0 Å². The Bertz CT molecular complexity index is 566. The summed E-state index contributed by atoms with van der Waals surface area (Å²) < 4.78 is 40.8. The number of sulfonamides is 1. The van der Waals surface area contributed by atoms with E-state index in [1.54, 1.807) is 0 Å². The molecular formula is C14H20FNO3S. The Kier molecular flexibility index (Phi) is 4.78. The van der Waals surface area contributed by atoms with Crippen molar-refractivity contribution in [3.05, 3.63) is 29.6 Å². The lowest BCUT2D eigenvalue weighted by Gasteiger charge is -2.26. The molecule has 1 aromatic rings. The molecule has 0 atom stereocenters. The Morgan fingerprint density at radius 2 is 1.95 bits per heavy atom. The van der Waals surface area contributed by atoms with E-state index in [4.69, 9.17) is 5.11 Å². The van der Waals surface area contributed by atoms with Gasteiger partial charge in [0, 0.05) is 6.04 Å². The maximum atomic E-state index is 13.8. The molecule has 4 nitrogen and oxygen atoms in total. The van der Waals surface area contributed by atoms with Crippen LogP contribution in [0.25, 0.3) is 0 Å². The third-order valence-electron chi connectivity index (χ3n) is 3.81. The molecule has 1 fully saturated rings. The quantitative estimate of drug-likeness (QED) is 0.895. The van der Waals surface area contributed by atoms with Crippen molar-refractivity contribution in [1.82, 2.24) is 4.72 Å². The van der Waals surface area contributed by atoms with E-state index in [1.165, 1.54) is 12.1 Å². The Labute approximate surface area is 119 Å². The molecule has 0 aromatic heterocycles. The molecule has 6 heteroatoms. The van der Waals surface area contributed by atoms with E-state index < -0.39 is 15.8 Å². The molecule has 1 saturated carbocycles. The summed E-state index contributed by atoms with van der Waals surface area (Å²) in [5, 5.41) is 8.91. The summed E-state index contributed by atoms with van der Waals surface area (Å²) in [5.41, 5.74) is 0.355. The fourth-order valence-electron chi connectivity index (χ4n) is 2.52. The maximum Gasteiger partial charge on any atom is 0.243 e. The summed E-state index contributed by atoms with van der Waals surface area (Å²) in [5.74, 6) is -0.204. The summed E-state index contributed by atoms with van der Waals surface area (Å²) in [6, 6.07) is 3.56. The summed E-state index contributed by atoms with van der Waals surface area (Å²) in [6.07, 6.45) is 3.55. The van der Waals surface area contributed by atoms with Crippen molar-refractivity contribution in [2.75, 3.05) is 0 Å². The zero-order valence-corrected chi connectivity index (χ0v) is 12.3. The van der Waals surface area contributed by atoms with Crippen molar-refractivity contribution >= 4 is 10.0 Å². The van der Waals surface area contributed by atoms with Gasteiger partial charge in [0.1, 0.15) is 10.7 Å². The molecule has 0 bridgehead atoms. The van der Waals surface area contributed by atoms with Crippen LogP contribution in [-0.2, 0) is 16.6 Å². The van der Waals surface area contributed by atoms with Crippen molar-refractivity contribution in [2.24, 2.45) is 5.92 Å². The number of aliphatic hydroxyl groups is 1. The Balaban J connectivity index is 2.14. The largest absolute Gasteiger partial charge is 0.392 e. The fraction of sp³-hybridized carbons (Fsp3) is 0.571. The number of hydrogen-bond acceptors (Lipinski definition) is 3. The second kappa shape index (κ2) is 6.20. The van der Waals surface area contributed by atoms with Gasteiger partial charge in [-0.15, -0.1) is 0 Å². The number of benzene rings is 1. The first-order chi connectivity index (χ1) is 9.42. The van der Waals surface area contributed by atoms with E-state index in [9.17, 15) is 12.8 Å². The van der Waals surface area contributed by atoms with Gasteiger partial charge in [-0.05, 0) is 49.3 Å². The highest BCUT2D eigenvalue weighted by Crippen LogP contribution is 2.25. The first-order valence-corrected chi connectivity index (χ1v) is 8.32. The lowest BCUT2D eigenvalue weighted by atomic mass is 9.88. The minimum Gasteiger partial charge on any atom is -0.392 e. The summed E-state index contributed by atoms with van der Waals surface area (Å²) in [6.45, 7) is 1.84. The van der Waals surface area contributed by atoms with Crippen LogP contribution in [0, 0.1) is 11.7 Å². The van der Waals surface area contributed by atoms with Gasteiger partial charge in [-0.2, -0.15) is 0 Å². The van der Waals surface area contributed by atoms with Gasteiger partial charge in [-0.25, -0.2) is 17.5 Å². The molecule has 1 aliphatic rings. The van der Waals surface area contributed by atoms with Crippen LogP contribution in [0.2, 0.25) is 0 Å². The molecule has 112 valence electrons. The van der Waals surface area contributed by atoms with Crippen molar-refractivity contribution in [3.63, 3.8) is 0 Å². The highest BCUT2D eigenvalue weighted by molar-refractivity contribution is 7.89. The smallest absolute Gasteiger partial charge is 0.243 e. The Morgan fingerprint density at radius 1 is 1.30 bits per heavy atom. The van der Waals surface area contributed by atoms with Crippen molar-refractivity contribution in [1.29, 1.82) is 0 Å². The molecule has 0 radical (unpaired) electrons. The van der Waals surface area contributed by atoms with Crippen LogP contribution in [0.5, 0.6) is 0 Å². The predicted molar refractivity (Wildman–Crippen MR) is 74.1 cm³/mol. The Morgan fingerprint density at radius 3 is 2.50 bits per heavy atom. The van der Waals surface area contributed by atoms with Crippen LogP contribution in [-0.4, -0.2) is 19.6 Å². The fourth-order valence-corrected chi connectivity index (χ4v) is 3.89. The van der Waals surface area contributed by atoms with Gasteiger partial charge < -0.3 is 5.11 Å². The lowest BCUT2D eigenvalue weighted by Crippen LogP contribution is -2.37. The molecule has 0 heterocycles. The Hall–Kier alpha value is -0.980. The zero-order chi connectivity index (χ0) is 14.8. The molecule has 2 rings (SSSR count). The molecule has 1 aromatic carbocycles. The van der Waals surface area contributed by atoms with E-state index in [-0.39, 0.29) is 17.5 Å². The van der Waals surface area contributed by atoms with Gasteiger partial charge in [0.15, 0.2) is 0 Å². The minimum absolute atomic E-state index is 0.117. The number of aliphatic hydroxyl groups excluding tert-OH is 1. The summed E-state index contributed by atoms with van der Waals surface area (Å²) >= 11 is 0. The van der Waals surface area contributed by atoms with Gasteiger partial charge in [0.05, 0.1) is 6.61 Å². The van der Waals surface area contributed by atoms with Crippen LogP contribution in [0.4, 0.5) is 4.39 Å². The highest BCUT2D eigenvalue weighted by atomic mass is 32.2. The van der Waals surface area contributed by atoms with E-state index in [0.29, 0.717) is 11.5 Å². The molecule has 0 spiro atoms. The van der Waals surface area contributed by atoms with Crippen molar-refractivity contribution in [3.8, 4) is 0 Å². The van der Waals surface area contributed by atoms with Crippen LogP contribution in [0.1, 0.15) is 38.2 Å². The second-order valence-corrected chi connectivity index (χ2v) is 7.18. The first kappa shape index (κ1) is 15.4. The van der Waals surface area contributed by atoms with E-state index >= 15 is 0 Å². The third-order valence-corrected chi connectivity index (χ3v) is 5.36.